The lowest BCUT2D eigenvalue weighted by Gasteiger charge is -2.15. The molecule has 0 aliphatic carbocycles. The number of nitrogen functional groups attached to an aromatic ring is 2. The van der Waals surface area contributed by atoms with Crippen molar-refractivity contribution in [3.8, 4) is 0 Å². The predicted octanol–water partition coefficient (Wildman–Crippen LogP) is -0.765. The average molecular weight is 312 g/mol. The van der Waals surface area contributed by atoms with E-state index in [1.807, 2.05) is 0 Å². The second-order valence-electron chi connectivity index (χ2n) is 5.12. The van der Waals surface area contributed by atoms with Crippen LogP contribution in [0.4, 0.5) is 17.5 Å². The number of nitrogens with one attached hydrogen (secondary N) is 2. The molecule has 10 nitrogen and oxygen atoms in total. The van der Waals surface area contributed by atoms with Crippen LogP contribution in [0.3, 0.4) is 0 Å². The fourth-order valence-corrected chi connectivity index (χ4v) is 2.02. The summed E-state index contributed by atoms with van der Waals surface area (Å²) in [6.45, 7) is 3.37. The minimum Gasteiger partial charge on any atom is -0.394 e. The van der Waals surface area contributed by atoms with Crippen molar-refractivity contribution in [1.82, 2.24) is 9.97 Å². The van der Waals surface area contributed by atoms with Crippen LogP contribution >= 0.6 is 0 Å². The lowest BCUT2D eigenvalue weighted by molar-refractivity contribution is -0.0419. The van der Waals surface area contributed by atoms with Crippen molar-refractivity contribution < 1.29 is 14.7 Å². The van der Waals surface area contributed by atoms with Crippen LogP contribution in [0, 0.1) is 0 Å². The molecule has 3 atom stereocenters. The van der Waals surface area contributed by atoms with Gasteiger partial charge in [-0.1, -0.05) is 5.16 Å². The highest BCUT2D eigenvalue weighted by atomic mass is 16.7. The van der Waals surface area contributed by atoms with Gasteiger partial charge in [0.1, 0.15) is 18.0 Å². The van der Waals surface area contributed by atoms with E-state index in [2.05, 4.69) is 20.4 Å². The molecule has 1 saturated heterocycles. The second-order valence-corrected chi connectivity index (χ2v) is 5.12. The maximum absolute atomic E-state index is 11.5. The Hall–Kier alpha value is -2.33. The van der Waals surface area contributed by atoms with E-state index in [-0.39, 0.29) is 24.1 Å². The standard InChI is InChI=1S/C12H20N6O4/c1-5(2)18-22-6-3-8(21-7(6)4-19)15-10-9(13)11(20)17-12(14)16-10/h6-8,19H,3-4,13H2,1-2H3,(H4,14,15,16,17,20). The molecule has 1 aromatic heterocycles. The Balaban J connectivity index is 2.09. The Morgan fingerprint density at radius 2 is 2.32 bits per heavy atom. The minimum absolute atomic E-state index is 0.0580. The number of hydrogen-bond acceptors (Lipinski definition) is 9. The molecule has 0 saturated carbocycles. The number of H-pyrrole nitrogens is 1. The number of nitrogens with two attached hydrogens (primary N) is 2. The number of aromatic amines is 1. The maximum Gasteiger partial charge on any atom is 0.277 e. The number of anilines is 3. The van der Waals surface area contributed by atoms with Crippen LogP contribution in [0.5, 0.6) is 0 Å². The summed E-state index contributed by atoms with van der Waals surface area (Å²) < 4.78 is 5.59. The first kappa shape index (κ1) is 16.0. The smallest absolute Gasteiger partial charge is 0.277 e. The Labute approximate surface area is 126 Å². The molecule has 0 radical (unpaired) electrons. The van der Waals surface area contributed by atoms with E-state index in [4.69, 9.17) is 21.0 Å². The number of oxime groups is 1. The molecule has 2 rings (SSSR count). The summed E-state index contributed by atoms with van der Waals surface area (Å²) in [6, 6.07) is 0. The van der Waals surface area contributed by atoms with E-state index in [1.54, 1.807) is 13.8 Å². The van der Waals surface area contributed by atoms with Gasteiger partial charge in [0.2, 0.25) is 5.95 Å². The van der Waals surface area contributed by atoms with Gasteiger partial charge in [0.25, 0.3) is 5.56 Å². The van der Waals surface area contributed by atoms with Crippen LogP contribution in [0.15, 0.2) is 9.95 Å². The number of aliphatic hydroxyl groups is 1. The van der Waals surface area contributed by atoms with Gasteiger partial charge in [-0.05, 0) is 13.8 Å². The zero-order valence-corrected chi connectivity index (χ0v) is 12.4. The Morgan fingerprint density at radius 3 is 2.95 bits per heavy atom. The van der Waals surface area contributed by atoms with E-state index in [0.29, 0.717) is 6.42 Å². The van der Waals surface area contributed by atoms with Crippen LogP contribution in [0.25, 0.3) is 0 Å². The van der Waals surface area contributed by atoms with Gasteiger partial charge in [0.05, 0.1) is 12.3 Å². The molecule has 1 aliphatic rings. The predicted molar refractivity (Wildman–Crippen MR) is 81.3 cm³/mol. The molecular formula is C12H20N6O4. The van der Waals surface area contributed by atoms with Gasteiger partial charge in [0, 0.05) is 6.42 Å². The van der Waals surface area contributed by atoms with Gasteiger partial charge in [0.15, 0.2) is 11.9 Å². The van der Waals surface area contributed by atoms with Gasteiger partial charge in [-0.2, -0.15) is 4.98 Å². The highest BCUT2D eigenvalue weighted by molar-refractivity contribution is 5.78. The zero-order valence-electron chi connectivity index (χ0n) is 12.4. The Bertz CT molecular complexity index is 612. The molecule has 0 aromatic carbocycles. The molecule has 1 aliphatic heterocycles. The first-order valence-electron chi connectivity index (χ1n) is 6.75. The highest BCUT2D eigenvalue weighted by Crippen LogP contribution is 2.25. The number of aliphatic hydroxyl groups excluding tert-OH is 1. The molecule has 0 spiro atoms. The van der Waals surface area contributed by atoms with E-state index in [9.17, 15) is 9.90 Å². The average Bonchev–Trinajstić information content (AvgIpc) is 2.84. The molecular weight excluding hydrogens is 292 g/mol. The van der Waals surface area contributed by atoms with Crippen LogP contribution in [-0.4, -0.2) is 45.8 Å². The first-order chi connectivity index (χ1) is 10.4. The van der Waals surface area contributed by atoms with Crippen molar-refractivity contribution >= 4 is 23.2 Å². The Kier molecular flexibility index (Phi) is 4.83. The largest absolute Gasteiger partial charge is 0.394 e. The third-order valence-electron chi connectivity index (χ3n) is 3.02. The summed E-state index contributed by atoms with van der Waals surface area (Å²) in [5.74, 6) is 0.0659. The lowest BCUT2D eigenvalue weighted by Crippen LogP contribution is -2.27. The summed E-state index contributed by atoms with van der Waals surface area (Å²) in [6.07, 6.45) is -1.10. The molecule has 2 heterocycles. The topological polar surface area (TPSA) is 161 Å². The number of nitrogens with zero attached hydrogens (tertiary/aromatic N) is 2. The van der Waals surface area contributed by atoms with Crippen LogP contribution < -0.4 is 22.3 Å². The van der Waals surface area contributed by atoms with Crippen LogP contribution in [-0.2, 0) is 9.57 Å². The van der Waals surface area contributed by atoms with Crippen molar-refractivity contribution in [2.75, 3.05) is 23.4 Å². The second kappa shape index (κ2) is 6.62. The van der Waals surface area contributed by atoms with Crippen molar-refractivity contribution in [3.05, 3.63) is 10.4 Å². The van der Waals surface area contributed by atoms with E-state index < -0.39 is 24.0 Å². The lowest BCUT2D eigenvalue weighted by atomic mass is 10.2. The highest BCUT2D eigenvalue weighted by Gasteiger charge is 2.37. The molecule has 10 heteroatoms. The van der Waals surface area contributed by atoms with Crippen molar-refractivity contribution in [2.45, 2.75) is 38.7 Å². The van der Waals surface area contributed by atoms with Gasteiger partial charge in [-0.3, -0.25) is 9.78 Å². The quantitative estimate of drug-likeness (QED) is 0.350. The molecule has 0 bridgehead atoms. The Morgan fingerprint density at radius 1 is 1.59 bits per heavy atom. The molecule has 3 unspecified atom stereocenters. The number of aromatic nitrogens is 2. The maximum atomic E-state index is 11.5. The van der Waals surface area contributed by atoms with Crippen LogP contribution in [0.1, 0.15) is 20.3 Å². The molecule has 1 fully saturated rings. The fraction of sp³-hybridized carbons (Fsp3) is 0.583. The van der Waals surface area contributed by atoms with Crippen molar-refractivity contribution in [3.63, 3.8) is 0 Å². The third-order valence-corrected chi connectivity index (χ3v) is 3.02. The molecule has 7 N–H and O–H groups in total. The summed E-state index contributed by atoms with van der Waals surface area (Å²) >= 11 is 0. The molecule has 22 heavy (non-hydrogen) atoms. The van der Waals surface area contributed by atoms with Gasteiger partial charge in [-0.25, -0.2) is 0 Å². The molecule has 122 valence electrons. The summed E-state index contributed by atoms with van der Waals surface area (Å²) in [7, 11) is 0. The van der Waals surface area contributed by atoms with Gasteiger partial charge >= 0.3 is 0 Å². The summed E-state index contributed by atoms with van der Waals surface area (Å²) in [4.78, 5) is 23.1. The first-order valence-corrected chi connectivity index (χ1v) is 6.75. The normalized spacial score (nSPS) is 24.0. The summed E-state index contributed by atoms with van der Waals surface area (Å²) in [5.41, 5.74) is 11.2. The number of hydrogen-bond donors (Lipinski definition) is 5. The fourth-order valence-electron chi connectivity index (χ4n) is 2.02. The number of ether oxygens (including phenoxy) is 1. The van der Waals surface area contributed by atoms with Gasteiger partial charge in [-0.15, -0.1) is 0 Å². The third kappa shape index (κ3) is 3.65. The van der Waals surface area contributed by atoms with Gasteiger partial charge < -0.3 is 31.5 Å². The van der Waals surface area contributed by atoms with Crippen molar-refractivity contribution in [1.29, 1.82) is 0 Å². The minimum atomic E-state index is -0.541. The van der Waals surface area contributed by atoms with Crippen molar-refractivity contribution in [2.24, 2.45) is 5.16 Å². The monoisotopic (exact) mass is 312 g/mol. The molecule has 1 aromatic rings. The van der Waals surface area contributed by atoms with E-state index in [1.165, 1.54) is 0 Å². The van der Waals surface area contributed by atoms with E-state index >= 15 is 0 Å². The van der Waals surface area contributed by atoms with Crippen LogP contribution in [0.2, 0.25) is 0 Å². The summed E-state index contributed by atoms with van der Waals surface area (Å²) in [5, 5.41) is 16.1. The molecule has 0 amide bonds. The zero-order chi connectivity index (χ0) is 16.3. The van der Waals surface area contributed by atoms with E-state index in [0.717, 1.165) is 5.71 Å². The number of rotatable bonds is 5. The SMILES string of the molecule is CC(C)=NOC1CC(Nc2nc(N)[nH]c(=O)c2N)OC1CO.